The van der Waals surface area contributed by atoms with Gasteiger partial charge in [0.2, 0.25) is 5.91 Å². The third kappa shape index (κ3) is 4.13. The van der Waals surface area contributed by atoms with Crippen molar-refractivity contribution in [1.82, 2.24) is 4.90 Å². The fourth-order valence-electron chi connectivity index (χ4n) is 5.23. The van der Waals surface area contributed by atoms with Gasteiger partial charge in [0.1, 0.15) is 5.60 Å². The minimum absolute atomic E-state index is 0.0771. The molecule has 2 amide bonds. The monoisotopic (exact) mass is 483 g/mol. The zero-order valence-electron chi connectivity index (χ0n) is 21.1. The Morgan fingerprint density at radius 2 is 1.88 bits per heavy atom. The summed E-state index contributed by atoms with van der Waals surface area (Å²) in [6, 6.07) is 11.9. The van der Waals surface area contributed by atoms with Crippen molar-refractivity contribution in [2.24, 2.45) is 0 Å². The molecule has 1 fully saturated rings. The van der Waals surface area contributed by atoms with Crippen LogP contribution in [0.5, 0.6) is 0 Å². The Morgan fingerprint density at radius 3 is 2.53 bits per heavy atom. The number of likely N-dealkylation sites (N-methyl/N-ethyl adjacent to an activating group) is 1. The first-order valence-electron chi connectivity index (χ1n) is 11.7. The summed E-state index contributed by atoms with van der Waals surface area (Å²) < 4.78 is 5.65. The summed E-state index contributed by atoms with van der Waals surface area (Å²) in [6.45, 7) is 12.5. The Balaban J connectivity index is 1.73. The van der Waals surface area contributed by atoms with Crippen molar-refractivity contribution in [2.75, 3.05) is 30.4 Å². The number of hydrogen-bond donors (Lipinski definition) is 1. The lowest BCUT2D eigenvalue weighted by Crippen LogP contribution is -2.42. The molecule has 0 unspecified atom stereocenters. The second-order valence-corrected chi connectivity index (χ2v) is 11.4. The summed E-state index contributed by atoms with van der Waals surface area (Å²) in [6.07, 6.45) is 0.343. The minimum Gasteiger partial charge on any atom is -0.444 e. The molecule has 0 saturated carbocycles. The Kier molecular flexibility index (Phi) is 5.88. The van der Waals surface area contributed by atoms with Gasteiger partial charge in [-0.25, -0.2) is 4.79 Å². The number of halogens is 1. The molecule has 1 N–H and O–H groups in total. The van der Waals surface area contributed by atoms with E-state index >= 15 is 0 Å². The summed E-state index contributed by atoms with van der Waals surface area (Å²) in [5, 5.41) is 4.38. The molecule has 6 nitrogen and oxygen atoms in total. The molecule has 0 spiro atoms. The molecule has 2 aliphatic rings. The molecular weight excluding hydrogens is 450 g/mol. The lowest BCUT2D eigenvalue weighted by atomic mass is 9.84. The SMILES string of the molecule is Cc1cccc(Cl)c1[C@@]1(Nc2ccc3c(c2)N(C)C(=O)C3(C)C)CCN(C(=O)OC(C)(C)C)C1. The van der Waals surface area contributed by atoms with Gasteiger partial charge in [-0.3, -0.25) is 4.79 Å². The van der Waals surface area contributed by atoms with Gasteiger partial charge in [0, 0.05) is 35.6 Å². The maximum atomic E-state index is 12.9. The molecule has 2 aromatic carbocycles. The summed E-state index contributed by atoms with van der Waals surface area (Å²) in [7, 11) is 1.81. The van der Waals surface area contributed by atoms with Crippen LogP contribution in [0.2, 0.25) is 5.02 Å². The third-order valence-electron chi connectivity index (χ3n) is 6.88. The van der Waals surface area contributed by atoms with Gasteiger partial charge >= 0.3 is 6.09 Å². The molecule has 0 radical (unpaired) electrons. The number of rotatable bonds is 3. The molecule has 2 aliphatic heterocycles. The molecule has 0 aromatic heterocycles. The van der Waals surface area contributed by atoms with E-state index in [2.05, 4.69) is 5.32 Å². The average molecular weight is 484 g/mol. The van der Waals surface area contributed by atoms with E-state index in [-0.39, 0.29) is 12.0 Å². The zero-order valence-corrected chi connectivity index (χ0v) is 21.8. The predicted molar refractivity (Wildman–Crippen MR) is 137 cm³/mol. The van der Waals surface area contributed by atoms with Crippen molar-refractivity contribution in [3.63, 3.8) is 0 Å². The summed E-state index contributed by atoms with van der Waals surface area (Å²) in [5.74, 6) is 0.0771. The van der Waals surface area contributed by atoms with E-state index in [9.17, 15) is 9.59 Å². The third-order valence-corrected chi connectivity index (χ3v) is 7.19. The van der Waals surface area contributed by atoms with Gasteiger partial charge in [0.15, 0.2) is 0 Å². The molecule has 182 valence electrons. The molecule has 4 rings (SSSR count). The number of nitrogens with zero attached hydrogens (tertiary/aromatic N) is 2. The number of anilines is 2. The van der Waals surface area contributed by atoms with Crippen molar-refractivity contribution in [3.05, 3.63) is 58.1 Å². The van der Waals surface area contributed by atoms with Crippen LogP contribution in [0.4, 0.5) is 16.2 Å². The maximum Gasteiger partial charge on any atom is 0.410 e. The van der Waals surface area contributed by atoms with Crippen LogP contribution in [0.15, 0.2) is 36.4 Å². The normalized spacial score (nSPS) is 21.6. The second-order valence-electron chi connectivity index (χ2n) is 11.0. The first-order valence-corrected chi connectivity index (χ1v) is 12.1. The average Bonchev–Trinajstić information content (AvgIpc) is 3.22. The van der Waals surface area contributed by atoms with Crippen LogP contribution >= 0.6 is 11.6 Å². The highest BCUT2D eigenvalue weighted by molar-refractivity contribution is 6.31. The summed E-state index contributed by atoms with van der Waals surface area (Å²) >= 11 is 6.74. The topological polar surface area (TPSA) is 61.9 Å². The molecule has 34 heavy (non-hydrogen) atoms. The van der Waals surface area contributed by atoms with Crippen LogP contribution in [-0.4, -0.2) is 42.6 Å². The highest BCUT2D eigenvalue weighted by Crippen LogP contribution is 2.45. The Hall–Kier alpha value is -2.73. The highest BCUT2D eigenvalue weighted by atomic mass is 35.5. The van der Waals surface area contributed by atoms with E-state index in [4.69, 9.17) is 16.3 Å². The lowest BCUT2D eigenvalue weighted by molar-refractivity contribution is -0.121. The van der Waals surface area contributed by atoms with Crippen LogP contribution in [0, 0.1) is 6.92 Å². The number of nitrogens with one attached hydrogen (secondary N) is 1. The molecule has 0 aliphatic carbocycles. The number of amides is 2. The maximum absolute atomic E-state index is 12.9. The lowest BCUT2D eigenvalue weighted by Gasteiger charge is -2.35. The number of ether oxygens (including phenoxy) is 1. The summed E-state index contributed by atoms with van der Waals surface area (Å²) in [4.78, 5) is 29.1. The second kappa shape index (κ2) is 8.19. The number of hydrogen-bond acceptors (Lipinski definition) is 4. The fraction of sp³-hybridized carbons (Fsp3) is 0.481. The highest BCUT2D eigenvalue weighted by Gasteiger charge is 2.46. The number of fused-ring (bicyclic) bond motifs is 1. The summed E-state index contributed by atoms with van der Waals surface area (Å²) in [5.41, 5.74) is 3.10. The van der Waals surface area contributed by atoms with E-state index in [1.54, 1.807) is 9.80 Å². The zero-order chi connectivity index (χ0) is 25.1. The minimum atomic E-state index is -0.593. The van der Waals surface area contributed by atoms with E-state index in [1.165, 1.54) is 0 Å². The van der Waals surface area contributed by atoms with Crippen LogP contribution in [-0.2, 0) is 20.5 Å². The van der Waals surface area contributed by atoms with E-state index in [1.807, 2.05) is 85.0 Å². The van der Waals surface area contributed by atoms with E-state index in [0.29, 0.717) is 24.5 Å². The van der Waals surface area contributed by atoms with Gasteiger partial charge in [-0.05, 0) is 77.3 Å². The van der Waals surface area contributed by atoms with Gasteiger partial charge in [-0.15, -0.1) is 0 Å². The number of carbonyl (C=O) groups is 2. The molecule has 1 saturated heterocycles. The van der Waals surface area contributed by atoms with Gasteiger partial charge in [0.05, 0.1) is 17.5 Å². The van der Waals surface area contributed by atoms with E-state index in [0.717, 1.165) is 28.1 Å². The van der Waals surface area contributed by atoms with Crippen LogP contribution in [0.1, 0.15) is 57.7 Å². The fourth-order valence-corrected chi connectivity index (χ4v) is 5.64. The molecule has 1 atom stereocenters. The van der Waals surface area contributed by atoms with Crippen LogP contribution in [0.3, 0.4) is 0 Å². The first kappa shape index (κ1) is 24.4. The van der Waals surface area contributed by atoms with Gasteiger partial charge in [-0.2, -0.15) is 0 Å². The van der Waals surface area contributed by atoms with Crippen molar-refractivity contribution >= 4 is 35.0 Å². The number of likely N-dealkylation sites (tertiary alicyclic amines) is 1. The Bertz CT molecular complexity index is 1130. The molecule has 2 heterocycles. The Labute approximate surface area is 207 Å². The van der Waals surface area contributed by atoms with E-state index < -0.39 is 16.6 Å². The van der Waals surface area contributed by atoms with Gasteiger partial charge < -0.3 is 19.9 Å². The standard InChI is InChI=1S/C27H34ClN3O3/c1-17-9-8-10-20(28)22(17)27(13-14-31(16-27)24(33)34-25(2,3)4)29-18-11-12-19-21(15-18)30(7)23(32)26(19,5)6/h8-12,15,29H,13-14,16H2,1-7H3/t27-/m1/s1. The Morgan fingerprint density at radius 1 is 1.18 bits per heavy atom. The van der Waals surface area contributed by atoms with Crippen molar-refractivity contribution < 1.29 is 14.3 Å². The number of carbonyl (C=O) groups excluding carboxylic acids is 2. The van der Waals surface area contributed by atoms with Crippen molar-refractivity contribution in [2.45, 2.75) is 64.5 Å². The molecule has 0 bridgehead atoms. The van der Waals surface area contributed by atoms with Gasteiger partial charge in [0.25, 0.3) is 0 Å². The molecular formula is C27H34ClN3O3. The number of aryl methyl sites for hydroxylation is 1. The first-order chi connectivity index (χ1) is 15.7. The van der Waals surface area contributed by atoms with Crippen LogP contribution in [0.25, 0.3) is 0 Å². The van der Waals surface area contributed by atoms with Crippen LogP contribution < -0.4 is 10.2 Å². The smallest absolute Gasteiger partial charge is 0.410 e. The quantitative estimate of drug-likeness (QED) is 0.594. The van der Waals surface area contributed by atoms with Crippen molar-refractivity contribution in [3.8, 4) is 0 Å². The van der Waals surface area contributed by atoms with Crippen molar-refractivity contribution in [1.29, 1.82) is 0 Å². The molecule has 7 heteroatoms. The molecule has 2 aromatic rings. The van der Waals surface area contributed by atoms with Gasteiger partial charge in [-0.1, -0.05) is 29.8 Å². The predicted octanol–water partition coefficient (Wildman–Crippen LogP) is 5.85. The largest absolute Gasteiger partial charge is 0.444 e. The number of benzene rings is 2.